The Kier molecular flexibility index (Phi) is 20.6. The average Bonchev–Trinajstić information content (AvgIpc) is 2.34. The van der Waals surface area contributed by atoms with Gasteiger partial charge in [-0.1, -0.05) is 64.2 Å². The highest BCUT2D eigenvalue weighted by Gasteiger charge is 1.94. The lowest BCUT2D eigenvalue weighted by Crippen LogP contribution is -2.12. The number of hydrogen-bond donors (Lipinski definition) is 1. The Labute approximate surface area is 127 Å². The maximum absolute atomic E-state index is 8.66. The molecule has 0 amide bonds. The van der Waals surface area contributed by atoms with Crippen LogP contribution in [0.2, 0.25) is 0 Å². The van der Waals surface area contributed by atoms with Crippen LogP contribution in [0.3, 0.4) is 0 Å². The molecule has 2 nitrogen and oxygen atoms in total. The van der Waals surface area contributed by atoms with Crippen molar-refractivity contribution < 1.29 is 5.11 Å². The summed E-state index contributed by atoms with van der Waals surface area (Å²) in [4.78, 5) is 2.27. The van der Waals surface area contributed by atoms with E-state index in [1.54, 1.807) is 0 Å². The summed E-state index contributed by atoms with van der Waals surface area (Å²) in [6.45, 7) is 1.61. The maximum atomic E-state index is 8.66. The lowest BCUT2D eigenvalue weighted by Gasteiger charge is -2.08. The van der Waals surface area contributed by atoms with Gasteiger partial charge in [-0.25, -0.2) is 0 Å². The molecule has 0 radical (unpaired) electrons. The summed E-state index contributed by atoms with van der Waals surface area (Å²) in [6, 6.07) is 0. The van der Waals surface area contributed by atoms with E-state index in [1.807, 2.05) is 0 Å². The zero-order valence-electron chi connectivity index (χ0n) is 13.2. The van der Waals surface area contributed by atoms with Crippen LogP contribution in [-0.4, -0.2) is 37.3 Å². The SMILES string of the molecule is CN(C)CCCCCCCCCCCCCCO.Cl. The number of halogens is 1. The average molecular weight is 294 g/mol. The van der Waals surface area contributed by atoms with Gasteiger partial charge in [0.15, 0.2) is 0 Å². The zero-order valence-corrected chi connectivity index (χ0v) is 14.0. The Morgan fingerprint density at radius 3 is 1.21 bits per heavy atom. The molecule has 19 heavy (non-hydrogen) atoms. The van der Waals surface area contributed by atoms with Crippen LogP contribution in [0.25, 0.3) is 0 Å². The van der Waals surface area contributed by atoms with Gasteiger partial charge in [0, 0.05) is 6.61 Å². The Morgan fingerprint density at radius 2 is 0.895 bits per heavy atom. The first kappa shape index (κ1) is 21.5. The lowest BCUT2D eigenvalue weighted by molar-refractivity contribution is 0.282. The molecule has 0 saturated heterocycles. The van der Waals surface area contributed by atoms with Crippen LogP contribution in [-0.2, 0) is 0 Å². The molecule has 0 saturated carbocycles. The highest BCUT2D eigenvalue weighted by Crippen LogP contribution is 2.11. The first-order chi connectivity index (χ1) is 8.77. The minimum atomic E-state index is 0. The molecule has 0 bridgehead atoms. The van der Waals surface area contributed by atoms with Crippen molar-refractivity contribution in [3.8, 4) is 0 Å². The first-order valence-electron chi connectivity index (χ1n) is 8.03. The lowest BCUT2D eigenvalue weighted by atomic mass is 10.1. The fourth-order valence-electron chi connectivity index (χ4n) is 2.31. The fourth-order valence-corrected chi connectivity index (χ4v) is 2.31. The molecule has 1 N–H and O–H groups in total. The van der Waals surface area contributed by atoms with Gasteiger partial charge in [-0.15, -0.1) is 12.4 Å². The van der Waals surface area contributed by atoms with Crippen molar-refractivity contribution in [3.05, 3.63) is 0 Å². The zero-order chi connectivity index (χ0) is 13.5. The predicted octanol–water partition coefficient (Wildman–Crippen LogP) is 4.64. The molecule has 0 rings (SSSR count). The topological polar surface area (TPSA) is 23.5 Å². The third-order valence-corrected chi connectivity index (χ3v) is 3.51. The third-order valence-electron chi connectivity index (χ3n) is 3.51. The van der Waals surface area contributed by atoms with E-state index in [2.05, 4.69) is 19.0 Å². The summed E-state index contributed by atoms with van der Waals surface area (Å²) in [5, 5.41) is 8.66. The van der Waals surface area contributed by atoms with Crippen molar-refractivity contribution in [1.82, 2.24) is 4.90 Å². The molecule has 0 aromatic rings. The van der Waals surface area contributed by atoms with Gasteiger partial charge in [0.05, 0.1) is 0 Å². The van der Waals surface area contributed by atoms with Crippen LogP contribution in [0.5, 0.6) is 0 Å². The predicted molar refractivity (Wildman–Crippen MR) is 88.3 cm³/mol. The van der Waals surface area contributed by atoms with Crippen LogP contribution in [0.15, 0.2) is 0 Å². The molecule has 118 valence electrons. The molecule has 0 aliphatic heterocycles. The first-order valence-corrected chi connectivity index (χ1v) is 8.03. The van der Waals surface area contributed by atoms with Crippen molar-refractivity contribution in [1.29, 1.82) is 0 Å². The molecule has 0 atom stereocenters. The molecule has 0 unspecified atom stereocenters. The molecule has 3 heteroatoms. The standard InChI is InChI=1S/C16H35NO.ClH/c1-17(2)15-13-11-9-7-5-3-4-6-8-10-12-14-16-18;/h18H,3-16H2,1-2H3;1H. The second kappa shape index (κ2) is 18.2. The number of hydrogen-bond acceptors (Lipinski definition) is 2. The Hall–Kier alpha value is 0.210. The number of aliphatic hydroxyl groups is 1. The second-order valence-electron chi connectivity index (χ2n) is 5.77. The van der Waals surface area contributed by atoms with Gasteiger partial charge in [0.1, 0.15) is 0 Å². The highest BCUT2D eigenvalue weighted by atomic mass is 35.5. The van der Waals surface area contributed by atoms with Crippen molar-refractivity contribution >= 4 is 12.4 Å². The number of nitrogens with zero attached hydrogens (tertiary/aromatic N) is 1. The van der Waals surface area contributed by atoms with E-state index >= 15 is 0 Å². The summed E-state index contributed by atoms with van der Waals surface area (Å²) in [7, 11) is 4.31. The van der Waals surface area contributed by atoms with E-state index in [0.29, 0.717) is 6.61 Å². The van der Waals surface area contributed by atoms with E-state index in [0.717, 1.165) is 6.42 Å². The third kappa shape index (κ3) is 20.7. The summed E-state index contributed by atoms with van der Waals surface area (Å²) in [5.74, 6) is 0. The van der Waals surface area contributed by atoms with E-state index in [9.17, 15) is 0 Å². The summed E-state index contributed by atoms with van der Waals surface area (Å²) in [5.41, 5.74) is 0. The van der Waals surface area contributed by atoms with Crippen molar-refractivity contribution in [3.63, 3.8) is 0 Å². The van der Waals surface area contributed by atoms with Crippen LogP contribution >= 0.6 is 12.4 Å². The van der Waals surface area contributed by atoms with Crippen LogP contribution < -0.4 is 0 Å². The van der Waals surface area contributed by atoms with Crippen LogP contribution in [0.4, 0.5) is 0 Å². The highest BCUT2D eigenvalue weighted by molar-refractivity contribution is 5.85. The Balaban J connectivity index is 0. The van der Waals surface area contributed by atoms with Gasteiger partial charge in [0.25, 0.3) is 0 Å². The smallest absolute Gasteiger partial charge is 0.0431 e. The van der Waals surface area contributed by atoms with Gasteiger partial charge in [-0.3, -0.25) is 0 Å². The van der Waals surface area contributed by atoms with E-state index in [4.69, 9.17) is 5.11 Å². The van der Waals surface area contributed by atoms with E-state index in [1.165, 1.54) is 77.2 Å². The number of aliphatic hydroxyl groups excluding tert-OH is 1. The minimum Gasteiger partial charge on any atom is -0.396 e. The van der Waals surface area contributed by atoms with Crippen molar-refractivity contribution in [2.45, 2.75) is 77.0 Å². The summed E-state index contributed by atoms with van der Waals surface area (Å²) < 4.78 is 0. The molecule has 0 aromatic carbocycles. The fraction of sp³-hybridized carbons (Fsp3) is 1.00. The van der Waals surface area contributed by atoms with Crippen molar-refractivity contribution in [2.75, 3.05) is 27.2 Å². The number of rotatable bonds is 14. The summed E-state index contributed by atoms with van der Waals surface area (Å²) in [6.07, 6.45) is 16.2. The van der Waals surface area contributed by atoms with Crippen molar-refractivity contribution in [2.24, 2.45) is 0 Å². The van der Waals surface area contributed by atoms with E-state index in [-0.39, 0.29) is 12.4 Å². The summed E-state index contributed by atoms with van der Waals surface area (Å²) >= 11 is 0. The molecular weight excluding hydrogens is 258 g/mol. The van der Waals surface area contributed by atoms with Gasteiger partial charge < -0.3 is 10.0 Å². The second-order valence-corrected chi connectivity index (χ2v) is 5.77. The molecule has 0 aliphatic rings. The van der Waals surface area contributed by atoms with Crippen LogP contribution in [0, 0.1) is 0 Å². The van der Waals surface area contributed by atoms with Gasteiger partial charge in [-0.05, 0) is 33.5 Å². The Morgan fingerprint density at radius 1 is 0.579 bits per heavy atom. The monoisotopic (exact) mass is 293 g/mol. The minimum absolute atomic E-state index is 0. The largest absolute Gasteiger partial charge is 0.396 e. The normalized spacial score (nSPS) is 10.7. The maximum Gasteiger partial charge on any atom is 0.0431 e. The molecule has 0 fully saturated rings. The number of unbranched alkanes of at least 4 members (excludes halogenated alkanes) is 11. The molecule has 0 aliphatic carbocycles. The van der Waals surface area contributed by atoms with Crippen LogP contribution in [0.1, 0.15) is 77.0 Å². The Bertz CT molecular complexity index is 154. The molecule has 0 spiro atoms. The van der Waals surface area contributed by atoms with Gasteiger partial charge in [-0.2, -0.15) is 0 Å². The molecule has 0 aromatic heterocycles. The van der Waals surface area contributed by atoms with Gasteiger partial charge in [0.2, 0.25) is 0 Å². The van der Waals surface area contributed by atoms with Gasteiger partial charge >= 0.3 is 0 Å². The van der Waals surface area contributed by atoms with E-state index < -0.39 is 0 Å². The molecular formula is C16H36ClNO. The molecule has 0 heterocycles. The quantitative estimate of drug-likeness (QED) is 0.472.